The number of hydrogen-bond acceptors (Lipinski definition) is 5. The lowest BCUT2D eigenvalue weighted by atomic mass is 10.1. The number of hydrogen-bond donors (Lipinski definition) is 2. The van der Waals surface area contributed by atoms with Crippen LogP contribution in [0.4, 0.5) is 15.8 Å². The van der Waals surface area contributed by atoms with Crippen molar-refractivity contribution in [2.45, 2.75) is 13.0 Å². The number of carbonyl (C=O) groups is 2. The van der Waals surface area contributed by atoms with Gasteiger partial charge in [0.05, 0.1) is 18.7 Å². The van der Waals surface area contributed by atoms with Crippen LogP contribution in [-0.4, -0.2) is 25.5 Å². The molecule has 1 atom stereocenters. The predicted molar refractivity (Wildman–Crippen MR) is 127 cm³/mol. The van der Waals surface area contributed by atoms with Gasteiger partial charge in [0.1, 0.15) is 12.4 Å². The SMILES string of the molecule is COc1cc(NNC(=O)[C@H]2CC(=O)N(c3ccc(Cl)cc3)C2)ccc1OCc1ccc(F)cc1. The van der Waals surface area contributed by atoms with Crippen LogP contribution < -0.4 is 25.2 Å². The fraction of sp³-hybridized carbons (Fsp3) is 0.200. The van der Waals surface area contributed by atoms with Gasteiger partial charge < -0.3 is 14.4 Å². The summed E-state index contributed by atoms with van der Waals surface area (Å²) in [6.07, 6.45) is 0.121. The van der Waals surface area contributed by atoms with Gasteiger partial charge in [0.25, 0.3) is 0 Å². The molecule has 0 unspecified atom stereocenters. The van der Waals surface area contributed by atoms with Crippen LogP contribution in [0.25, 0.3) is 0 Å². The van der Waals surface area contributed by atoms with Crippen molar-refractivity contribution >= 4 is 34.8 Å². The van der Waals surface area contributed by atoms with Gasteiger partial charge in [-0.1, -0.05) is 23.7 Å². The highest BCUT2D eigenvalue weighted by atomic mass is 35.5. The summed E-state index contributed by atoms with van der Waals surface area (Å²) in [5, 5.41) is 0.580. The Labute approximate surface area is 201 Å². The Kier molecular flexibility index (Phi) is 7.18. The largest absolute Gasteiger partial charge is 0.493 e. The number of amides is 2. The van der Waals surface area contributed by atoms with Crippen LogP contribution in [0.15, 0.2) is 66.7 Å². The summed E-state index contributed by atoms with van der Waals surface area (Å²) in [7, 11) is 1.51. The molecule has 0 aromatic heterocycles. The lowest BCUT2D eigenvalue weighted by molar-refractivity contribution is -0.125. The fourth-order valence-electron chi connectivity index (χ4n) is 3.60. The third-order valence-electron chi connectivity index (χ3n) is 5.44. The van der Waals surface area contributed by atoms with Gasteiger partial charge in [-0.2, -0.15) is 0 Å². The summed E-state index contributed by atoms with van der Waals surface area (Å²) >= 11 is 5.91. The maximum Gasteiger partial charge on any atom is 0.243 e. The summed E-state index contributed by atoms with van der Waals surface area (Å²) < 4.78 is 24.2. The van der Waals surface area contributed by atoms with Crippen LogP contribution in [0, 0.1) is 11.7 Å². The second-order valence-corrected chi connectivity index (χ2v) is 8.21. The van der Waals surface area contributed by atoms with Crippen LogP contribution in [0.3, 0.4) is 0 Å². The van der Waals surface area contributed by atoms with E-state index in [0.29, 0.717) is 27.9 Å². The molecule has 34 heavy (non-hydrogen) atoms. The van der Waals surface area contributed by atoms with Crippen LogP contribution in [-0.2, 0) is 16.2 Å². The topological polar surface area (TPSA) is 79.9 Å². The van der Waals surface area contributed by atoms with Gasteiger partial charge >= 0.3 is 0 Å². The lowest BCUT2D eigenvalue weighted by Gasteiger charge is -2.17. The number of benzene rings is 3. The first-order valence-corrected chi connectivity index (χ1v) is 11.0. The Morgan fingerprint density at radius 3 is 2.53 bits per heavy atom. The zero-order valence-electron chi connectivity index (χ0n) is 18.4. The van der Waals surface area contributed by atoms with E-state index in [9.17, 15) is 14.0 Å². The number of rotatable bonds is 8. The number of methoxy groups -OCH3 is 1. The number of hydrazine groups is 1. The van der Waals surface area contributed by atoms with Gasteiger partial charge in [-0.25, -0.2) is 4.39 Å². The second-order valence-electron chi connectivity index (χ2n) is 7.78. The highest BCUT2D eigenvalue weighted by Crippen LogP contribution is 2.31. The molecule has 0 spiro atoms. The Morgan fingerprint density at radius 2 is 1.82 bits per heavy atom. The number of carbonyl (C=O) groups excluding carboxylic acids is 2. The summed E-state index contributed by atoms with van der Waals surface area (Å²) in [6.45, 7) is 0.535. The molecule has 0 aliphatic carbocycles. The summed E-state index contributed by atoms with van der Waals surface area (Å²) in [4.78, 5) is 26.6. The van der Waals surface area contributed by atoms with Crippen LogP contribution in [0.1, 0.15) is 12.0 Å². The molecule has 1 fully saturated rings. The molecule has 2 amide bonds. The Morgan fingerprint density at radius 1 is 1.09 bits per heavy atom. The minimum Gasteiger partial charge on any atom is -0.493 e. The van der Waals surface area contributed by atoms with Crippen molar-refractivity contribution in [3.8, 4) is 11.5 Å². The number of halogens is 2. The molecule has 0 saturated carbocycles. The van der Waals surface area contributed by atoms with Crippen LogP contribution >= 0.6 is 11.6 Å². The highest BCUT2D eigenvalue weighted by Gasteiger charge is 2.35. The molecular weight excluding hydrogens is 461 g/mol. The normalized spacial score (nSPS) is 15.2. The zero-order valence-corrected chi connectivity index (χ0v) is 19.1. The maximum absolute atomic E-state index is 13.0. The minimum atomic E-state index is -0.490. The van der Waals surface area contributed by atoms with Gasteiger partial charge in [0.2, 0.25) is 11.8 Å². The Hall–Kier alpha value is -3.78. The monoisotopic (exact) mass is 483 g/mol. The van der Waals surface area contributed by atoms with E-state index in [1.807, 2.05) is 0 Å². The van der Waals surface area contributed by atoms with Crippen molar-refractivity contribution < 1.29 is 23.5 Å². The fourth-order valence-corrected chi connectivity index (χ4v) is 3.72. The molecule has 2 N–H and O–H groups in total. The van der Waals surface area contributed by atoms with E-state index in [-0.39, 0.29) is 37.2 Å². The van der Waals surface area contributed by atoms with E-state index in [2.05, 4.69) is 10.9 Å². The molecule has 7 nitrogen and oxygen atoms in total. The molecule has 0 radical (unpaired) electrons. The van der Waals surface area contributed by atoms with Gasteiger partial charge in [0, 0.05) is 29.7 Å². The van der Waals surface area contributed by atoms with Crippen molar-refractivity contribution in [3.05, 3.63) is 83.1 Å². The summed E-state index contributed by atoms with van der Waals surface area (Å²) in [6, 6.07) is 18.1. The minimum absolute atomic E-state index is 0.119. The smallest absolute Gasteiger partial charge is 0.243 e. The Balaban J connectivity index is 1.33. The first kappa shape index (κ1) is 23.4. The number of nitrogens with zero attached hydrogens (tertiary/aromatic N) is 1. The van der Waals surface area contributed by atoms with Crippen LogP contribution in [0.2, 0.25) is 5.02 Å². The molecule has 9 heteroatoms. The van der Waals surface area contributed by atoms with Gasteiger partial charge in [-0.15, -0.1) is 0 Å². The van der Waals surface area contributed by atoms with Gasteiger partial charge in [-0.05, 0) is 54.1 Å². The molecule has 1 aliphatic rings. The van der Waals surface area contributed by atoms with E-state index < -0.39 is 5.92 Å². The standard InChI is InChI=1S/C25H23ClFN3O4/c1-33-23-13-20(8-11-22(23)34-15-16-2-6-19(27)7-3-16)28-29-25(32)17-12-24(31)30(14-17)21-9-4-18(26)5-10-21/h2-11,13,17,28H,12,14-15H2,1H3,(H,29,32)/t17-/m0/s1. The first-order chi connectivity index (χ1) is 16.4. The van der Waals surface area contributed by atoms with E-state index >= 15 is 0 Å². The number of ether oxygens (including phenoxy) is 2. The van der Waals surface area contributed by atoms with E-state index in [1.54, 1.807) is 59.5 Å². The van der Waals surface area contributed by atoms with E-state index in [1.165, 1.54) is 19.2 Å². The molecule has 4 rings (SSSR count). The molecular formula is C25H23ClFN3O4. The van der Waals surface area contributed by atoms with Gasteiger partial charge in [0.15, 0.2) is 11.5 Å². The van der Waals surface area contributed by atoms with E-state index in [0.717, 1.165) is 5.56 Å². The van der Waals surface area contributed by atoms with Crippen LogP contribution in [0.5, 0.6) is 11.5 Å². The molecule has 3 aromatic rings. The summed E-state index contributed by atoms with van der Waals surface area (Å²) in [5.41, 5.74) is 7.62. The maximum atomic E-state index is 13.0. The predicted octanol–water partition coefficient (Wildman–Crippen LogP) is 4.56. The molecule has 1 saturated heterocycles. The average molecular weight is 484 g/mol. The third-order valence-corrected chi connectivity index (χ3v) is 5.69. The van der Waals surface area contributed by atoms with Crippen molar-refractivity contribution in [1.82, 2.24) is 5.43 Å². The molecule has 176 valence electrons. The zero-order chi connectivity index (χ0) is 24.1. The quantitative estimate of drug-likeness (QED) is 0.459. The Bertz CT molecular complexity index is 1170. The van der Waals surface area contributed by atoms with Crippen molar-refractivity contribution in [2.75, 3.05) is 24.0 Å². The van der Waals surface area contributed by atoms with Crippen molar-refractivity contribution in [3.63, 3.8) is 0 Å². The third kappa shape index (κ3) is 5.58. The number of nitrogens with one attached hydrogen (secondary N) is 2. The van der Waals surface area contributed by atoms with E-state index in [4.69, 9.17) is 21.1 Å². The molecule has 0 bridgehead atoms. The second kappa shape index (κ2) is 10.4. The molecule has 1 heterocycles. The van der Waals surface area contributed by atoms with Crippen molar-refractivity contribution in [1.29, 1.82) is 0 Å². The van der Waals surface area contributed by atoms with Gasteiger partial charge in [-0.3, -0.25) is 20.4 Å². The number of anilines is 2. The first-order valence-electron chi connectivity index (χ1n) is 10.6. The van der Waals surface area contributed by atoms with Crippen molar-refractivity contribution in [2.24, 2.45) is 5.92 Å². The average Bonchev–Trinajstić information content (AvgIpc) is 3.24. The molecule has 3 aromatic carbocycles. The summed E-state index contributed by atoms with van der Waals surface area (Å²) in [5.74, 6) is -0.239. The molecule has 1 aliphatic heterocycles. The lowest BCUT2D eigenvalue weighted by Crippen LogP contribution is -2.36. The highest BCUT2D eigenvalue weighted by molar-refractivity contribution is 6.30.